The predicted molar refractivity (Wildman–Crippen MR) is 105 cm³/mol. The summed E-state index contributed by atoms with van der Waals surface area (Å²) in [5.74, 6) is -0.0716. The molecule has 2 aromatic carbocycles. The molecule has 0 radical (unpaired) electrons. The maximum absolute atomic E-state index is 12.4. The van der Waals surface area contributed by atoms with Gasteiger partial charge >= 0.3 is 0 Å². The van der Waals surface area contributed by atoms with Crippen molar-refractivity contribution in [2.75, 3.05) is 14.1 Å². The van der Waals surface area contributed by atoms with Gasteiger partial charge in [0.15, 0.2) is 5.78 Å². The number of amides is 1. The Morgan fingerprint density at radius 1 is 0.962 bits per heavy atom. The normalized spacial score (nSPS) is 10.8. The van der Waals surface area contributed by atoms with Crippen molar-refractivity contribution in [3.05, 3.63) is 70.3 Å². The number of rotatable bonds is 8. The fourth-order valence-corrected chi connectivity index (χ4v) is 2.91. The third kappa shape index (κ3) is 5.81. The van der Waals surface area contributed by atoms with Crippen molar-refractivity contribution in [1.82, 2.24) is 10.2 Å². The van der Waals surface area contributed by atoms with E-state index >= 15 is 0 Å². The summed E-state index contributed by atoms with van der Waals surface area (Å²) in [7, 11) is 4.04. The predicted octanol–water partition coefficient (Wildman–Crippen LogP) is 3.64. The Labute approximate surface area is 156 Å². The van der Waals surface area contributed by atoms with Crippen molar-refractivity contribution >= 4 is 11.7 Å². The average Bonchev–Trinajstić information content (AvgIpc) is 2.60. The number of hydrogen-bond donors (Lipinski definition) is 1. The van der Waals surface area contributed by atoms with Gasteiger partial charge in [0.2, 0.25) is 5.91 Å². The number of aryl methyl sites for hydroxylation is 2. The van der Waals surface area contributed by atoms with Crippen LogP contribution in [-0.2, 0) is 17.9 Å². The number of hydrogen-bond acceptors (Lipinski definition) is 3. The van der Waals surface area contributed by atoms with Crippen LogP contribution in [0.3, 0.4) is 0 Å². The van der Waals surface area contributed by atoms with Gasteiger partial charge < -0.3 is 10.2 Å². The molecule has 0 bridgehead atoms. The van der Waals surface area contributed by atoms with Crippen molar-refractivity contribution in [1.29, 1.82) is 0 Å². The van der Waals surface area contributed by atoms with Crippen molar-refractivity contribution < 1.29 is 9.59 Å². The maximum atomic E-state index is 12.4. The standard InChI is InChI=1S/C22H28N2O2/c1-16-9-10-17(2)20(13-16)21(25)11-12-22(26)23-14-18-7-5-6-8-19(18)15-24(3)4/h5-10,13H,11-12,14-15H2,1-4H3,(H,23,26). The molecule has 4 nitrogen and oxygen atoms in total. The lowest BCUT2D eigenvalue weighted by atomic mass is 9.99. The van der Waals surface area contributed by atoms with Crippen LogP contribution >= 0.6 is 0 Å². The van der Waals surface area contributed by atoms with E-state index in [0.29, 0.717) is 12.1 Å². The molecule has 0 heterocycles. The first-order valence-corrected chi connectivity index (χ1v) is 8.95. The van der Waals surface area contributed by atoms with Crippen LogP contribution in [0, 0.1) is 13.8 Å². The summed E-state index contributed by atoms with van der Waals surface area (Å²) in [5.41, 5.74) is 5.04. The highest BCUT2D eigenvalue weighted by molar-refractivity contribution is 5.99. The fourth-order valence-electron chi connectivity index (χ4n) is 2.91. The number of nitrogens with zero attached hydrogens (tertiary/aromatic N) is 1. The molecule has 26 heavy (non-hydrogen) atoms. The number of nitrogens with one attached hydrogen (secondary N) is 1. The van der Waals surface area contributed by atoms with E-state index in [0.717, 1.165) is 23.2 Å². The summed E-state index contributed by atoms with van der Waals surface area (Å²) in [6, 6.07) is 13.9. The van der Waals surface area contributed by atoms with Crippen LogP contribution in [0.25, 0.3) is 0 Å². The van der Waals surface area contributed by atoms with Crippen LogP contribution in [0.1, 0.15) is 45.5 Å². The largest absolute Gasteiger partial charge is 0.352 e. The molecule has 0 atom stereocenters. The Morgan fingerprint density at radius 3 is 2.35 bits per heavy atom. The molecule has 4 heteroatoms. The van der Waals surface area contributed by atoms with Crippen LogP contribution in [0.2, 0.25) is 0 Å². The highest BCUT2D eigenvalue weighted by Gasteiger charge is 2.12. The van der Waals surface area contributed by atoms with E-state index in [2.05, 4.69) is 16.3 Å². The average molecular weight is 352 g/mol. The maximum Gasteiger partial charge on any atom is 0.220 e. The van der Waals surface area contributed by atoms with Gasteiger partial charge in [-0.2, -0.15) is 0 Å². The van der Waals surface area contributed by atoms with Gasteiger partial charge in [0, 0.05) is 31.5 Å². The minimum atomic E-state index is -0.0942. The zero-order valence-corrected chi connectivity index (χ0v) is 16.1. The highest BCUT2D eigenvalue weighted by Crippen LogP contribution is 2.14. The summed E-state index contributed by atoms with van der Waals surface area (Å²) in [4.78, 5) is 26.7. The van der Waals surface area contributed by atoms with Gasteiger partial charge in [-0.1, -0.05) is 42.0 Å². The van der Waals surface area contributed by atoms with Crippen LogP contribution in [0.5, 0.6) is 0 Å². The van der Waals surface area contributed by atoms with E-state index in [1.807, 2.05) is 64.3 Å². The Morgan fingerprint density at radius 2 is 1.65 bits per heavy atom. The summed E-state index contributed by atoms with van der Waals surface area (Å²) in [5, 5.41) is 2.94. The molecule has 2 rings (SSSR count). The topological polar surface area (TPSA) is 49.4 Å². The SMILES string of the molecule is Cc1ccc(C)c(C(=O)CCC(=O)NCc2ccccc2CN(C)C)c1. The molecular formula is C22H28N2O2. The molecular weight excluding hydrogens is 324 g/mol. The fraction of sp³-hybridized carbons (Fsp3) is 0.364. The quantitative estimate of drug-likeness (QED) is 0.738. The third-order valence-corrected chi connectivity index (χ3v) is 4.35. The molecule has 138 valence electrons. The Bertz CT molecular complexity index is 781. The van der Waals surface area contributed by atoms with E-state index < -0.39 is 0 Å². The van der Waals surface area contributed by atoms with E-state index in [1.54, 1.807) is 0 Å². The monoisotopic (exact) mass is 352 g/mol. The minimum Gasteiger partial charge on any atom is -0.352 e. The minimum absolute atomic E-state index is 0.0226. The zero-order valence-electron chi connectivity index (χ0n) is 16.1. The van der Waals surface area contributed by atoms with Crippen LogP contribution in [0.4, 0.5) is 0 Å². The van der Waals surface area contributed by atoms with Crippen LogP contribution in [-0.4, -0.2) is 30.7 Å². The van der Waals surface area contributed by atoms with Gasteiger partial charge in [-0.25, -0.2) is 0 Å². The van der Waals surface area contributed by atoms with Crippen LogP contribution in [0.15, 0.2) is 42.5 Å². The molecule has 0 fully saturated rings. The molecule has 0 saturated carbocycles. The van der Waals surface area contributed by atoms with Gasteiger partial charge in [-0.3, -0.25) is 9.59 Å². The van der Waals surface area contributed by atoms with Crippen molar-refractivity contribution in [2.45, 2.75) is 39.8 Å². The van der Waals surface area contributed by atoms with E-state index in [-0.39, 0.29) is 24.5 Å². The van der Waals surface area contributed by atoms with Crippen molar-refractivity contribution in [3.63, 3.8) is 0 Å². The van der Waals surface area contributed by atoms with E-state index in [9.17, 15) is 9.59 Å². The lowest BCUT2D eigenvalue weighted by Crippen LogP contribution is -2.24. The molecule has 1 N–H and O–H groups in total. The molecule has 0 aliphatic heterocycles. The number of carbonyl (C=O) groups is 2. The number of carbonyl (C=O) groups excluding carboxylic acids is 2. The molecule has 0 aliphatic carbocycles. The second-order valence-corrected chi connectivity index (χ2v) is 7.02. The van der Waals surface area contributed by atoms with Gasteiger partial charge in [0.25, 0.3) is 0 Å². The number of benzene rings is 2. The second kappa shape index (κ2) is 9.30. The molecule has 2 aromatic rings. The van der Waals surface area contributed by atoms with E-state index in [4.69, 9.17) is 0 Å². The smallest absolute Gasteiger partial charge is 0.220 e. The first-order chi connectivity index (χ1) is 12.4. The molecule has 1 amide bonds. The lowest BCUT2D eigenvalue weighted by Gasteiger charge is -2.14. The molecule has 0 spiro atoms. The first kappa shape index (κ1) is 19.9. The molecule has 0 unspecified atom stereocenters. The summed E-state index contributed by atoms with van der Waals surface area (Å²) >= 11 is 0. The summed E-state index contributed by atoms with van der Waals surface area (Å²) < 4.78 is 0. The Kier molecular flexibility index (Phi) is 7.10. The summed E-state index contributed by atoms with van der Waals surface area (Å²) in [6.45, 7) is 5.21. The van der Waals surface area contributed by atoms with Gasteiger partial charge in [0.1, 0.15) is 0 Å². The Hall–Kier alpha value is -2.46. The third-order valence-electron chi connectivity index (χ3n) is 4.35. The molecule has 0 aromatic heterocycles. The Balaban J connectivity index is 1.88. The molecule has 0 saturated heterocycles. The van der Waals surface area contributed by atoms with Crippen molar-refractivity contribution in [3.8, 4) is 0 Å². The first-order valence-electron chi connectivity index (χ1n) is 8.95. The van der Waals surface area contributed by atoms with Crippen molar-refractivity contribution in [2.24, 2.45) is 0 Å². The summed E-state index contributed by atoms with van der Waals surface area (Å²) in [6.07, 6.45) is 0.442. The van der Waals surface area contributed by atoms with Gasteiger partial charge in [0.05, 0.1) is 0 Å². The van der Waals surface area contributed by atoms with Gasteiger partial charge in [-0.05, 0) is 50.7 Å². The second-order valence-electron chi connectivity index (χ2n) is 7.02. The number of Topliss-reactive ketones (excluding diaryl/α,β-unsaturated/α-hetero) is 1. The highest BCUT2D eigenvalue weighted by atomic mass is 16.2. The zero-order chi connectivity index (χ0) is 19.1. The van der Waals surface area contributed by atoms with Crippen LogP contribution < -0.4 is 5.32 Å². The van der Waals surface area contributed by atoms with Gasteiger partial charge in [-0.15, -0.1) is 0 Å². The molecule has 0 aliphatic rings. The van der Waals surface area contributed by atoms with E-state index in [1.165, 1.54) is 5.56 Å². The number of ketones is 1. The lowest BCUT2D eigenvalue weighted by molar-refractivity contribution is -0.121.